The number of aliphatic carboxylic acids is 1. The van der Waals surface area contributed by atoms with Gasteiger partial charge in [0.05, 0.1) is 37.2 Å². The third-order valence-corrected chi connectivity index (χ3v) is 9.66. The molecule has 0 atom stereocenters. The molecule has 1 aromatic carbocycles. The van der Waals surface area contributed by atoms with Crippen LogP contribution in [0.1, 0.15) is 64.2 Å². The minimum Gasteiger partial charge on any atom is -0.496 e. The molecule has 284 valence electrons. The Hall–Kier alpha value is -4.42. The summed E-state index contributed by atoms with van der Waals surface area (Å²) in [6.45, 7) is 18.8. The summed E-state index contributed by atoms with van der Waals surface area (Å²) in [5.41, 5.74) is 16.8. The number of rotatable bonds is 15. The molecule has 0 unspecified atom stereocenters. The molecule has 5 rings (SSSR count). The average Bonchev–Trinajstić information content (AvgIpc) is 3.18. The fourth-order valence-corrected chi connectivity index (χ4v) is 7.19. The Morgan fingerprint density at radius 1 is 0.736 bits per heavy atom. The molecule has 0 aliphatic carbocycles. The van der Waals surface area contributed by atoms with Gasteiger partial charge >= 0.3 is 5.97 Å². The van der Waals surface area contributed by atoms with Crippen LogP contribution in [0.4, 0.5) is 0 Å². The number of aryl methyl sites for hydroxylation is 5. The first-order valence-corrected chi connectivity index (χ1v) is 18.8. The lowest BCUT2D eigenvalue weighted by Crippen LogP contribution is -2.35. The molecule has 0 spiro atoms. The second-order valence-electron chi connectivity index (χ2n) is 14.3. The monoisotopic (exact) mass is 723 g/mol. The van der Waals surface area contributed by atoms with Gasteiger partial charge in [-0.2, -0.15) is 0 Å². The van der Waals surface area contributed by atoms with Gasteiger partial charge in [-0.15, -0.1) is 0 Å². The number of hydrogen-bond donors (Lipinski definition) is 2. The van der Waals surface area contributed by atoms with Gasteiger partial charge in [0.2, 0.25) is 0 Å². The maximum atomic E-state index is 11.5. The van der Waals surface area contributed by atoms with Crippen LogP contribution in [-0.2, 0) is 37.3 Å². The molecule has 0 saturated carbocycles. The predicted molar refractivity (Wildman–Crippen MR) is 209 cm³/mol. The number of ether oxygens (including phenoxy) is 2. The molecule has 3 N–H and O–H groups in total. The van der Waals surface area contributed by atoms with E-state index in [1.165, 1.54) is 5.56 Å². The van der Waals surface area contributed by atoms with Crippen molar-refractivity contribution in [3.8, 4) is 22.6 Å². The fourth-order valence-electron chi connectivity index (χ4n) is 7.19. The summed E-state index contributed by atoms with van der Waals surface area (Å²) in [5.74, 6) is 0.710. The van der Waals surface area contributed by atoms with E-state index in [0.29, 0.717) is 26.2 Å². The third-order valence-electron chi connectivity index (χ3n) is 9.66. The predicted octanol–water partition coefficient (Wildman–Crippen LogP) is 5.52. The second kappa shape index (κ2) is 19.1. The zero-order valence-electron chi connectivity index (χ0n) is 32.5. The maximum absolute atomic E-state index is 11.5. The van der Waals surface area contributed by atoms with Crippen molar-refractivity contribution in [3.05, 3.63) is 99.4 Å². The van der Waals surface area contributed by atoms with Crippen molar-refractivity contribution in [3.63, 3.8) is 0 Å². The Labute approximate surface area is 315 Å². The van der Waals surface area contributed by atoms with E-state index in [2.05, 4.69) is 65.8 Å². The number of carboxylic acid groups (broad SMARTS) is 1. The number of benzene rings is 1. The van der Waals surface area contributed by atoms with E-state index in [9.17, 15) is 9.90 Å². The van der Waals surface area contributed by atoms with Crippen molar-refractivity contribution >= 4 is 5.97 Å². The van der Waals surface area contributed by atoms with Crippen molar-refractivity contribution in [1.29, 1.82) is 0 Å². The molecule has 11 heteroatoms. The topological polar surface area (TPSA) is 130 Å². The summed E-state index contributed by atoms with van der Waals surface area (Å²) in [7, 11) is 1.70. The lowest BCUT2D eigenvalue weighted by Gasteiger charge is -2.26. The summed E-state index contributed by atoms with van der Waals surface area (Å²) in [5, 5.41) is 9.44. The van der Waals surface area contributed by atoms with Crippen LogP contribution >= 0.6 is 0 Å². The molecule has 4 heterocycles. The van der Waals surface area contributed by atoms with Gasteiger partial charge in [-0.1, -0.05) is 6.92 Å². The number of aromatic nitrogens is 3. The highest BCUT2D eigenvalue weighted by Crippen LogP contribution is 2.37. The summed E-state index contributed by atoms with van der Waals surface area (Å²) >= 11 is 0. The van der Waals surface area contributed by atoms with Crippen molar-refractivity contribution in [1.82, 2.24) is 29.7 Å². The lowest BCUT2D eigenvalue weighted by atomic mass is 9.98. The van der Waals surface area contributed by atoms with Crippen LogP contribution in [0.3, 0.4) is 0 Å². The number of carboxylic acids is 1. The average molecular weight is 724 g/mol. The van der Waals surface area contributed by atoms with Crippen LogP contribution in [0.2, 0.25) is 0 Å². The fraction of sp³-hybridized carbons (Fsp3) is 0.476. The van der Waals surface area contributed by atoms with Gasteiger partial charge in [-0.05, 0) is 112 Å². The number of nitrogens with two attached hydrogens (primary N) is 1. The standard InChI is InChI=1S/C42H57N7O4/c1-7-33-18-30(3)44-36(21-33)26-47-10-11-48(27-37-22-34(23-41(50)51)19-31(4)45-37)13-15-49(14-12-47)28-38-24-35(20-32(5)46-38)42-29(2)17-39(25-40(42)52-6)53-16-8-9-43/h17-22,24-25H,7-16,23,26-28,43H2,1-6H3,(H,50,51). The van der Waals surface area contributed by atoms with Crippen LogP contribution in [0.25, 0.3) is 11.1 Å². The van der Waals surface area contributed by atoms with Gasteiger partial charge in [0.15, 0.2) is 0 Å². The number of hydrogen-bond acceptors (Lipinski definition) is 10. The quantitative estimate of drug-likeness (QED) is 0.151. The molecule has 53 heavy (non-hydrogen) atoms. The molecule has 4 aromatic rings. The number of pyridine rings is 3. The Balaban J connectivity index is 1.40. The molecule has 1 fully saturated rings. The lowest BCUT2D eigenvalue weighted by molar-refractivity contribution is -0.136. The summed E-state index contributed by atoms with van der Waals surface area (Å²) in [4.78, 5) is 33.7. The molecule has 1 aliphatic heterocycles. The van der Waals surface area contributed by atoms with Crippen molar-refractivity contribution < 1.29 is 19.4 Å². The van der Waals surface area contributed by atoms with Gasteiger partial charge in [0.1, 0.15) is 11.5 Å². The summed E-state index contributed by atoms with van der Waals surface area (Å²) in [6.07, 6.45) is 1.76. The Morgan fingerprint density at radius 3 is 1.75 bits per heavy atom. The van der Waals surface area contributed by atoms with Crippen LogP contribution in [0.5, 0.6) is 11.5 Å². The van der Waals surface area contributed by atoms with E-state index in [1.807, 2.05) is 32.0 Å². The van der Waals surface area contributed by atoms with Crippen molar-refractivity contribution in [2.45, 2.75) is 73.5 Å². The maximum Gasteiger partial charge on any atom is 0.307 e. The first-order chi connectivity index (χ1) is 25.5. The van der Waals surface area contributed by atoms with E-state index in [-0.39, 0.29) is 6.42 Å². The Morgan fingerprint density at radius 2 is 1.25 bits per heavy atom. The van der Waals surface area contributed by atoms with Crippen LogP contribution < -0.4 is 15.2 Å². The van der Waals surface area contributed by atoms with Gasteiger partial charge in [-0.3, -0.25) is 34.4 Å². The number of nitrogens with zero attached hydrogens (tertiary/aromatic N) is 6. The Bertz CT molecular complexity index is 1850. The number of methoxy groups -OCH3 is 1. The normalized spacial score (nSPS) is 14.8. The minimum absolute atomic E-state index is 0.00918. The highest BCUT2D eigenvalue weighted by Gasteiger charge is 2.21. The molecule has 11 nitrogen and oxygen atoms in total. The van der Waals surface area contributed by atoms with Crippen molar-refractivity contribution in [2.24, 2.45) is 5.73 Å². The van der Waals surface area contributed by atoms with E-state index in [4.69, 9.17) is 30.2 Å². The molecule has 3 aromatic heterocycles. The zero-order valence-corrected chi connectivity index (χ0v) is 32.5. The highest BCUT2D eigenvalue weighted by atomic mass is 16.5. The first kappa shape index (κ1) is 39.8. The summed E-state index contributed by atoms with van der Waals surface area (Å²) in [6, 6.07) is 16.6. The molecular formula is C42H57N7O4. The number of carbonyl (C=O) groups is 1. The SMILES string of the molecule is CCc1cc(C)nc(CN2CCN(Cc3cc(CC(=O)O)cc(C)n3)CCN(Cc3cc(-c4c(C)cc(OCCCN)cc4OC)cc(C)n3)CC2)c1. The van der Waals surface area contributed by atoms with Crippen LogP contribution in [0, 0.1) is 27.7 Å². The minimum atomic E-state index is -0.836. The van der Waals surface area contributed by atoms with E-state index < -0.39 is 5.97 Å². The van der Waals surface area contributed by atoms with Gasteiger partial charge in [0.25, 0.3) is 0 Å². The third kappa shape index (κ3) is 11.8. The van der Waals surface area contributed by atoms with E-state index in [1.54, 1.807) is 7.11 Å². The molecule has 1 aliphatic rings. The molecular weight excluding hydrogens is 667 g/mol. The zero-order chi connectivity index (χ0) is 37.9. The molecule has 0 bridgehead atoms. The molecule has 0 radical (unpaired) electrons. The molecule has 1 saturated heterocycles. The van der Waals surface area contributed by atoms with Crippen molar-refractivity contribution in [2.75, 3.05) is 59.5 Å². The van der Waals surface area contributed by atoms with Gasteiger partial charge in [0, 0.05) is 87.6 Å². The van der Waals surface area contributed by atoms with Crippen LogP contribution in [-0.4, -0.2) is 100 Å². The van der Waals surface area contributed by atoms with Gasteiger partial charge < -0.3 is 20.3 Å². The Kier molecular flexibility index (Phi) is 14.3. The van der Waals surface area contributed by atoms with E-state index in [0.717, 1.165) is 127 Å². The largest absolute Gasteiger partial charge is 0.496 e. The second-order valence-corrected chi connectivity index (χ2v) is 14.3. The van der Waals surface area contributed by atoms with Crippen LogP contribution in [0.15, 0.2) is 48.5 Å². The highest BCUT2D eigenvalue weighted by molar-refractivity contribution is 5.75. The summed E-state index contributed by atoms with van der Waals surface area (Å²) < 4.78 is 11.9. The first-order valence-electron chi connectivity index (χ1n) is 18.8. The van der Waals surface area contributed by atoms with Gasteiger partial charge in [-0.25, -0.2) is 0 Å². The molecule has 0 amide bonds. The van der Waals surface area contributed by atoms with E-state index >= 15 is 0 Å². The smallest absolute Gasteiger partial charge is 0.307 e.